The Hall–Kier alpha value is -3.02. The molecule has 27 heavy (non-hydrogen) atoms. The number of nitrogens with one attached hydrogen (secondary N) is 1. The van der Waals surface area contributed by atoms with E-state index in [-0.39, 0.29) is 11.6 Å². The van der Waals surface area contributed by atoms with Crippen LogP contribution in [0.3, 0.4) is 0 Å². The van der Waals surface area contributed by atoms with Gasteiger partial charge in [0.15, 0.2) is 5.82 Å². The van der Waals surface area contributed by atoms with Crippen molar-refractivity contribution in [1.82, 2.24) is 15.1 Å². The number of aromatic nitrogens is 2. The van der Waals surface area contributed by atoms with E-state index in [9.17, 15) is 13.6 Å². The van der Waals surface area contributed by atoms with Gasteiger partial charge in [-0.3, -0.25) is 4.79 Å². The zero-order valence-electron chi connectivity index (χ0n) is 14.7. The van der Waals surface area contributed by atoms with Crippen LogP contribution in [0.5, 0.6) is 0 Å². The van der Waals surface area contributed by atoms with Crippen molar-refractivity contribution in [2.24, 2.45) is 0 Å². The number of aryl methyl sites for hydroxylation is 2. The molecule has 2 aromatic carbocycles. The van der Waals surface area contributed by atoms with E-state index in [0.717, 1.165) is 30.0 Å². The van der Waals surface area contributed by atoms with Crippen LogP contribution >= 0.6 is 0 Å². The minimum absolute atomic E-state index is 0.0753. The highest BCUT2D eigenvalue weighted by molar-refractivity contribution is 5.78. The van der Waals surface area contributed by atoms with Crippen LogP contribution in [-0.2, 0) is 30.6 Å². The molecule has 4 rings (SSSR count). The van der Waals surface area contributed by atoms with Crippen molar-refractivity contribution in [3.8, 4) is 5.69 Å². The molecular weight excluding hydrogens is 348 g/mol. The van der Waals surface area contributed by atoms with Gasteiger partial charge in [-0.25, -0.2) is 13.5 Å². The largest absolute Gasteiger partial charge is 0.352 e. The van der Waals surface area contributed by atoms with Gasteiger partial charge in [0.25, 0.3) is 0 Å². The van der Waals surface area contributed by atoms with Crippen LogP contribution in [0.4, 0.5) is 8.78 Å². The minimum atomic E-state index is -0.690. The number of carbonyl (C=O) groups is 1. The van der Waals surface area contributed by atoms with Crippen molar-refractivity contribution >= 4 is 5.91 Å². The van der Waals surface area contributed by atoms with E-state index in [0.29, 0.717) is 13.0 Å². The quantitative estimate of drug-likeness (QED) is 0.750. The average molecular weight is 367 g/mol. The number of halogens is 2. The fraction of sp³-hybridized carbons (Fsp3) is 0.238. The summed E-state index contributed by atoms with van der Waals surface area (Å²) in [6.45, 7) is 0.298. The highest BCUT2D eigenvalue weighted by Crippen LogP contribution is 2.23. The molecule has 0 aliphatic heterocycles. The standard InChI is InChI=1S/C21H19F2N3O/c22-18-6-7-20(19(23)10-18)26-13-15(12-25-26)11-24-21(27)9-14-4-5-16-2-1-3-17(16)8-14/h4-8,10,12-13H,1-3,9,11H2,(H,24,27). The third-order valence-corrected chi connectivity index (χ3v) is 4.81. The summed E-state index contributed by atoms with van der Waals surface area (Å²) in [5, 5.41) is 6.94. The second kappa shape index (κ2) is 7.31. The maximum absolute atomic E-state index is 13.8. The van der Waals surface area contributed by atoms with Crippen molar-refractivity contribution in [1.29, 1.82) is 0 Å². The Kier molecular flexibility index (Phi) is 4.71. The highest BCUT2D eigenvalue weighted by atomic mass is 19.1. The van der Waals surface area contributed by atoms with Crippen LogP contribution in [0, 0.1) is 11.6 Å². The fourth-order valence-corrected chi connectivity index (χ4v) is 3.43. The number of amides is 1. The summed E-state index contributed by atoms with van der Waals surface area (Å²) in [6, 6.07) is 9.57. The lowest BCUT2D eigenvalue weighted by Crippen LogP contribution is -2.24. The van der Waals surface area contributed by atoms with E-state index in [1.807, 2.05) is 6.07 Å². The van der Waals surface area contributed by atoms with Crippen molar-refractivity contribution in [3.05, 3.63) is 82.7 Å². The monoisotopic (exact) mass is 367 g/mol. The molecule has 1 amide bonds. The van der Waals surface area contributed by atoms with Gasteiger partial charge in [-0.1, -0.05) is 18.2 Å². The van der Waals surface area contributed by atoms with Gasteiger partial charge in [0.1, 0.15) is 11.5 Å². The maximum Gasteiger partial charge on any atom is 0.224 e. The molecule has 4 nitrogen and oxygen atoms in total. The highest BCUT2D eigenvalue weighted by Gasteiger charge is 2.13. The van der Waals surface area contributed by atoms with Crippen LogP contribution < -0.4 is 5.32 Å². The van der Waals surface area contributed by atoms with Crippen LogP contribution in [0.15, 0.2) is 48.8 Å². The topological polar surface area (TPSA) is 46.9 Å². The predicted octanol–water partition coefficient (Wildman–Crippen LogP) is 3.50. The first-order valence-corrected chi connectivity index (χ1v) is 8.95. The third-order valence-electron chi connectivity index (χ3n) is 4.81. The van der Waals surface area contributed by atoms with E-state index in [1.165, 1.54) is 34.4 Å². The molecule has 0 bridgehead atoms. The fourth-order valence-electron chi connectivity index (χ4n) is 3.43. The smallest absolute Gasteiger partial charge is 0.224 e. The summed E-state index contributed by atoms with van der Waals surface area (Å²) in [5.74, 6) is -1.40. The molecular formula is C21H19F2N3O. The lowest BCUT2D eigenvalue weighted by molar-refractivity contribution is -0.120. The molecule has 0 fully saturated rings. The van der Waals surface area contributed by atoms with Crippen LogP contribution in [-0.4, -0.2) is 15.7 Å². The molecule has 6 heteroatoms. The number of fused-ring (bicyclic) bond motifs is 1. The summed E-state index contributed by atoms with van der Waals surface area (Å²) in [4.78, 5) is 12.2. The van der Waals surface area contributed by atoms with E-state index < -0.39 is 11.6 Å². The Morgan fingerprint density at radius 3 is 2.78 bits per heavy atom. The normalized spacial score (nSPS) is 12.8. The number of rotatable bonds is 5. The van der Waals surface area contributed by atoms with Gasteiger partial charge in [-0.05, 0) is 48.1 Å². The lowest BCUT2D eigenvalue weighted by Gasteiger charge is -2.06. The molecule has 1 aliphatic rings. The number of hydrogen-bond acceptors (Lipinski definition) is 2. The number of benzene rings is 2. The van der Waals surface area contributed by atoms with Crippen molar-refractivity contribution in [2.75, 3.05) is 0 Å². The molecule has 0 atom stereocenters. The summed E-state index contributed by atoms with van der Waals surface area (Å²) in [6.07, 6.45) is 6.90. The number of carbonyl (C=O) groups excluding carboxylic acids is 1. The van der Waals surface area contributed by atoms with Crippen LogP contribution in [0.2, 0.25) is 0 Å². The van der Waals surface area contributed by atoms with Gasteiger partial charge in [-0.15, -0.1) is 0 Å². The summed E-state index contributed by atoms with van der Waals surface area (Å²) in [7, 11) is 0. The van der Waals surface area contributed by atoms with E-state index in [4.69, 9.17) is 0 Å². The Morgan fingerprint density at radius 1 is 1.07 bits per heavy atom. The summed E-state index contributed by atoms with van der Waals surface area (Å²) >= 11 is 0. The maximum atomic E-state index is 13.8. The van der Waals surface area contributed by atoms with Gasteiger partial charge < -0.3 is 5.32 Å². The SMILES string of the molecule is O=C(Cc1ccc2c(c1)CCC2)NCc1cnn(-c2ccc(F)cc2F)c1. The van der Waals surface area contributed by atoms with Crippen molar-refractivity contribution in [3.63, 3.8) is 0 Å². The Balaban J connectivity index is 1.36. The zero-order valence-corrected chi connectivity index (χ0v) is 14.7. The lowest BCUT2D eigenvalue weighted by atomic mass is 10.0. The Labute approximate surface area is 155 Å². The second-order valence-corrected chi connectivity index (χ2v) is 6.80. The molecule has 138 valence electrons. The molecule has 3 aromatic rings. The van der Waals surface area contributed by atoms with Crippen LogP contribution in [0.25, 0.3) is 5.69 Å². The first kappa shape index (κ1) is 17.4. The first-order valence-electron chi connectivity index (χ1n) is 8.95. The first-order chi connectivity index (χ1) is 13.1. The van der Waals surface area contributed by atoms with E-state index in [1.54, 1.807) is 12.4 Å². The van der Waals surface area contributed by atoms with Crippen LogP contribution in [0.1, 0.15) is 28.7 Å². The van der Waals surface area contributed by atoms with Gasteiger partial charge in [-0.2, -0.15) is 5.10 Å². The average Bonchev–Trinajstić information content (AvgIpc) is 3.28. The van der Waals surface area contributed by atoms with Crippen molar-refractivity contribution in [2.45, 2.75) is 32.2 Å². The van der Waals surface area contributed by atoms with E-state index in [2.05, 4.69) is 22.5 Å². The zero-order chi connectivity index (χ0) is 18.8. The second-order valence-electron chi connectivity index (χ2n) is 6.80. The molecule has 0 radical (unpaired) electrons. The minimum Gasteiger partial charge on any atom is -0.352 e. The molecule has 0 unspecified atom stereocenters. The Morgan fingerprint density at radius 2 is 1.93 bits per heavy atom. The van der Waals surface area contributed by atoms with Gasteiger partial charge in [0, 0.05) is 24.4 Å². The van der Waals surface area contributed by atoms with Crippen molar-refractivity contribution < 1.29 is 13.6 Å². The molecule has 1 aromatic heterocycles. The van der Waals surface area contributed by atoms with Gasteiger partial charge >= 0.3 is 0 Å². The molecule has 0 spiro atoms. The summed E-state index contributed by atoms with van der Waals surface area (Å²) in [5.41, 5.74) is 4.65. The van der Waals surface area contributed by atoms with Gasteiger partial charge in [0.05, 0.1) is 12.6 Å². The molecule has 0 saturated carbocycles. The molecule has 1 aliphatic carbocycles. The molecule has 0 saturated heterocycles. The Bertz CT molecular complexity index is 997. The van der Waals surface area contributed by atoms with E-state index >= 15 is 0 Å². The molecule has 1 N–H and O–H groups in total. The third kappa shape index (κ3) is 3.89. The number of nitrogens with zero attached hydrogens (tertiary/aromatic N) is 2. The van der Waals surface area contributed by atoms with Gasteiger partial charge in [0.2, 0.25) is 5.91 Å². The summed E-state index contributed by atoms with van der Waals surface area (Å²) < 4.78 is 28.2. The number of hydrogen-bond donors (Lipinski definition) is 1. The molecule has 1 heterocycles. The predicted molar refractivity (Wildman–Crippen MR) is 97.5 cm³/mol.